The maximum atomic E-state index is 4.59. The molecule has 2 aromatic heterocycles. The lowest BCUT2D eigenvalue weighted by Gasteiger charge is -2.32. The third-order valence-electron chi connectivity index (χ3n) is 3.71. The first kappa shape index (κ1) is 12.8. The molecule has 0 radical (unpaired) electrons. The zero-order chi connectivity index (χ0) is 13.1. The van der Waals surface area contributed by atoms with Gasteiger partial charge in [-0.1, -0.05) is 0 Å². The van der Waals surface area contributed by atoms with Gasteiger partial charge >= 0.3 is 0 Å². The second-order valence-corrected chi connectivity index (χ2v) is 6.01. The van der Waals surface area contributed by atoms with Crippen molar-refractivity contribution in [2.24, 2.45) is 0 Å². The van der Waals surface area contributed by atoms with Crippen molar-refractivity contribution in [2.75, 3.05) is 13.1 Å². The molecule has 1 aliphatic heterocycles. The van der Waals surface area contributed by atoms with Crippen LogP contribution in [-0.2, 0) is 6.54 Å². The summed E-state index contributed by atoms with van der Waals surface area (Å²) in [7, 11) is 0. The van der Waals surface area contributed by atoms with Gasteiger partial charge in [0.25, 0.3) is 0 Å². The number of piperidine rings is 1. The Kier molecular flexibility index (Phi) is 3.89. The van der Waals surface area contributed by atoms with Crippen molar-refractivity contribution in [1.82, 2.24) is 14.9 Å². The van der Waals surface area contributed by atoms with Crippen LogP contribution in [0.1, 0.15) is 35.8 Å². The Labute approximate surface area is 118 Å². The van der Waals surface area contributed by atoms with E-state index in [1.807, 2.05) is 13.1 Å². The molecule has 0 saturated carbocycles. The van der Waals surface area contributed by atoms with Crippen LogP contribution in [0.2, 0.25) is 0 Å². The molecule has 3 nitrogen and oxygen atoms in total. The average molecular weight is 273 g/mol. The van der Waals surface area contributed by atoms with E-state index in [4.69, 9.17) is 0 Å². The van der Waals surface area contributed by atoms with Gasteiger partial charge in [-0.05, 0) is 54.8 Å². The van der Waals surface area contributed by atoms with Crippen LogP contribution in [0.25, 0.3) is 0 Å². The van der Waals surface area contributed by atoms with Gasteiger partial charge < -0.3 is 0 Å². The largest absolute Gasteiger partial charge is 0.298 e. The normalized spacial score (nSPS) is 20.6. The molecule has 1 aliphatic rings. The van der Waals surface area contributed by atoms with Crippen LogP contribution in [-0.4, -0.2) is 28.0 Å². The number of hydrogen-bond donors (Lipinski definition) is 0. The highest BCUT2D eigenvalue weighted by Gasteiger charge is 2.22. The van der Waals surface area contributed by atoms with Crippen molar-refractivity contribution in [3.8, 4) is 0 Å². The van der Waals surface area contributed by atoms with Crippen LogP contribution in [0.3, 0.4) is 0 Å². The fourth-order valence-electron chi connectivity index (χ4n) is 2.78. The standard InChI is InChI=1S/C15H19N3S/c1-12-16-6-4-15(17-12)14-3-2-7-18(10-14)9-13-5-8-19-11-13/h4-6,8,11,14H,2-3,7,9-10H2,1H3/t14-/m1/s1. The topological polar surface area (TPSA) is 29.0 Å². The van der Waals surface area contributed by atoms with Gasteiger partial charge in [-0.2, -0.15) is 11.3 Å². The molecule has 1 saturated heterocycles. The molecule has 0 aliphatic carbocycles. The number of rotatable bonds is 3. The van der Waals surface area contributed by atoms with Gasteiger partial charge in [-0.3, -0.25) is 4.90 Å². The van der Waals surface area contributed by atoms with Crippen LogP contribution in [0.4, 0.5) is 0 Å². The molecule has 0 amide bonds. The van der Waals surface area contributed by atoms with Crippen molar-refractivity contribution in [2.45, 2.75) is 32.2 Å². The number of hydrogen-bond acceptors (Lipinski definition) is 4. The van der Waals surface area contributed by atoms with E-state index in [-0.39, 0.29) is 0 Å². The van der Waals surface area contributed by atoms with Gasteiger partial charge in [0.2, 0.25) is 0 Å². The molecule has 1 atom stereocenters. The number of nitrogens with zero attached hydrogens (tertiary/aromatic N) is 3. The summed E-state index contributed by atoms with van der Waals surface area (Å²) in [5.74, 6) is 1.45. The van der Waals surface area contributed by atoms with Crippen LogP contribution in [0.15, 0.2) is 29.1 Å². The molecule has 1 fully saturated rings. The zero-order valence-electron chi connectivity index (χ0n) is 11.2. The fraction of sp³-hybridized carbons (Fsp3) is 0.467. The lowest BCUT2D eigenvalue weighted by Crippen LogP contribution is -2.34. The number of aryl methyl sites for hydroxylation is 1. The number of aromatic nitrogens is 2. The fourth-order valence-corrected chi connectivity index (χ4v) is 3.44. The molecule has 100 valence electrons. The molecule has 19 heavy (non-hydrogen) atoms. The second-order valence-electron chi connectivity index (χ2n) is 5.23. The minimum Gasteiger partial charge on any atom is -0.298 e. The van der Waals surface area contributed by atoms with Gasteiger partial charge in [-0.15, -0.1) is 0 Å². The summed E-state index contributed by atoms with van der Waals surface area (Å²) < 4.78 is 0. The van der Waals surface area contributed by atoms with Crippen LogP contribution in [0.5, 0.6) is 0 Å². The summed E-state index contributed by atoms with van der Waals surface area (Å²) in [5, 5.41) is 4.41. The molecule has 0 spiro atoms. The maximum Gasteiger partial charge on any atom is 0.125 e. The zero-order valence-corrected chi connectivity index (χ0v) is 12.1. The smallest absolute Gasteiger partial charge is 0.125 e. The highest BCUT2D eigenvalue weighted by atomic mass is 32.1. The SMILES string of the molecule is Cc1nccc([C@@H]2CCCN(Cc3ccsc3)C2)n1. The van der Waals surface area contributed by atoms with Crippen LogP contribution < -0.4 is 0 Å². The van der Waals surface area contributed by atoms with E-state index < -0.39 is 0 Å². The molecule has 0 unspecified atom stereocenters. The third kappa shape index (κ3) is 3.19. The van der Waals surface area contributed by atoms with E-state index in [1.54, 1.807) is 11.3 Å². The molecule has 0 N–H and O–H groups in total. The van der Waals surface area contributed by atoms with Gasteiger partial charge in [0.15, 0.2) is 0 Å². The van der Waals surface area contributed by atoms with Gasteiger partial charge in [-0.25, -0.2) is 9.97 Å². The highest BCUT2D eigenvalue weighted by molar-refractivity contribution is 7.07. The van der Waals surface area contributed by atoms with Crippen molar-refractivity contribution < 1.29 is 0 Å². The molecular formula is C15H19N3S. The summed E-state index contributed by atoms with van der Waals surface area (Å²) >= 11 is 1.78. The Bertz CT molecular complexity index is 524. The van der Waals surface area contributed by atoms with Crippen molar-refractivity contribution >= 4 is 11.3 Å². The molecule has 2 aromatic rings. The molecule has 3 heterocycles. The predicted octanol–water partition coefficient (Wildman–Crippen LogP) is 3.23. The summed E-state index contributed by atoms with van der Waals surface area (Å²) in [6.07, 6.45) is 4.39. The summed E-state index contributed by atoms with van der Waals surface area (Å²) in [4.78, 5) is 11.3. The Hall–Kier alpha value is -1.26. The molecule has 0 aromatic carbocycles. The molecule has 3 rings (SSSR count). The van der Waals surface area contributed by atoms with Crippen molar-refractivity contribution in [3.63, 3.8) is 0 Å². The Morgan fingerprint density at radius 1 is 1.42 bits per heavy atom. The minimum absolute atomic E-state index is 0.564. The Morgan fingerprint density at radius 2 is 2.37 bits per heavy atom. The van der Waals surface area contributed by atoms with E-state index in [9.17, 15) is 0 Å². The summed E-state index contributed by atoms with van der Waals surface area (Å²) in [6, 6.07) is 4.30. The Balaban J connectivity index is 1.67. The summed E-state index contributed by atoms with van der Waals surface area (Å²) in [5.41, 5.74) is 2.65. The first-order valence-corrected chi connectivity index (χ1v) is 7.78. The van der Waals surface area contributed by atoms with E-state index in [0.717, 1.165) is 18.9 Å². The van der Waals surface area contributed by atoms with Gasteiger partial charge in [0.05, 0.1) is 0 Å². The first-order valence-electron chi connectivity index (χ1n) is 6.84. The van der Waals surface area contributed by atoms with Crippen molar-refractivity contribution in [1.29, 1.82) is 0 Å². The van der Waals surface area contributed by atoms with Gasteiger partial charge in [0.1, 0.15) is 5.82 Å². The second kappa shape index (κ2) is 5.80. The predicted molar refractivity (Wildman–Crippen MR) is 78.3 cm³/mol. The summed E-state index contributed by atoms with van der Waals surface area (Å²) in [6.45, 7) is 5.36. The minimum atomic E-state index is 0.564. The van der Waals surface area contributed by atoms with E-state index in [2.05, 4.69) is 37.8 Å². The average Bonchev–Trinajstić information content (AvgIpc) is 2.92. The van der Waals surface area contributed by atoms with E-state index in [0.29, 0.717) is 5.92 Å². The van der Waals surface area contributed by atoms with Crippen molar-refractivity contribution in [3.05, 3.63) is 46.2 Å². The maximum absolute atomic E-state index is 4.59. The lowest BCUT2D eigenvalue weighted by atomic mass is 9.94. The first-order chi connectivity index (χ1) is 9.31. The third-order valence-corrected chi connectivity index (χ3v) is 4.44. The van der Waals surface area contributed by atoms with Gasteiger partial charge in [0, 0.05) is 30.9 Å². The quantitative estimate of drug-likeness (QED) is 0.859. The van der Waals surface area contributed by atoms with Crippen LogP contribution >= 0.6 is 11.3 Å². The number of thiophene rings is 1. The lowest BCUT2D eigenvalue weighted by molar-refractivity contribution is 0.198. The van der Waals surface area contributed by atoms with E-state index in [1.165, 1.54) is 30.6 Å². The highest BCUT2D eigenvalue weighted by Crippen LogP contribution is 2.26. The number of likely N-dealkylation sites (tertiary alicyclic amines) is 1. The Morgan fingerprint density at radius 3 is 3.16 bits per heavy atom. The van der Waals surface area contributed by atoms with E-state index >= 15 is 0 Å². The molecule has 0 bridgehead atoms. The van der Waals surface area contributed by atoms with Crippen LogP contribution in [0, 0.1) is 6.92 Å². The molecule has 4 heteroatoms. The monoisotopic (exact) mass is 273 g/mol. The molecular weight excluding hydrogens is 254 g/mol.